The molecule has 0 saturated heterocycles. The molecule has 2 aromatic rings. The third kappa shape index (κ3) is 3.41. The average Bonchev–Trinajstić information content (AvgIpc) is 3.14. The Bertz CT molecular complexity index is 714. The summed E-state index contributed by atoms with van der Waals surface area (Å²) in [6, 6.07) is 5.47. The minimum Gasteiger partial charge on any atom is -0.454 e. The Balaban J connectivity index is 1.60. The number of carbonyl (C=O) groups is 1. The van der Waals surface area contributed by atoms with E-state index in [0.29, 0.717) is 28.2 Å². The van der Waals surface area contributed by atoms with E-state index in [2.05, 4.69) is 15.5 Å². The molecule has 0 unspecified atom stereocenters. The van der Waals surface area contributed by atoms with Crippen LogP contribution in [0.15, 0.2) is 24.3 Å². The van der Waals surface area contributed by atoms with E-state index in [0.717, 1.165) is 5.56 Å². The Morgan fingerprint density at radius 2 is 2.27 bits per heavy atom. The number of carbonyl (C=O) groups excluding carboxylic acids is 1. The maximum absolute atomic E-state index is 11.8. The lowest BCUT2D eigenvalue weighted by atomic mass is 10.2. The fourth-order valence-electron chi connectivity index (χ4n) is 1.82. The van der Waals surface area contributed by atoms with Crippen LogP contribution in [0.2, 0.25) is 0 Å². The standard InChI is InChI=1S/C14H13N3O4S/c1-19-7-13-16-17-14(22-13)15-12(18)5-3-9-2-4-10-11(6-9)21-8-20-10/h2-6H,7-8H2,1H3,(H,15,17,18)/b5-3+. The second-order valence-corrected chi connectivity index (χ2v) is 5.43. The maximum atomic E-state index is 11.8. The van der Waals surface area contributed by atoms with Crippen molar-refractivity contribution in [2.75, 3.05) is 19.2 Å². The molecule has 0 saturated carbocycles. The summed E-state index contributed by atoms with van der Waals surface area (Å²) in [6.45, 7) is 0.602. The van der Waals surface area contributed by atoms with Gasteiger partial charge < -0.3 is 14.2 Å². The number of anilines is 1. The summed E-state index contributed by atoms with van der Waals surface area (Å²) in [5.74, 6) is 1.11. The molecule has 3 rings (SSSR count). The second-order valence-electron chi connectivity index (χ2n) is 4.37. The third-order valence-corrected chi connectivity index (χ3v) is 3.60. The number of ether oxygens (including phenoxy) is 3. The van der Waals surface area contributed by atoms with E-state index < -0.39 is 0 Å². The zero-order valence-corrected chi connectivity index (χ0v) is 12.6. The van der Waals surface area contributed by atoms with Gasteiger partial charge >= 0.3 is 0 Å². The largest absolute Gasteiger partial charge is 0.454 e. The van der Waals surface area contributed by atoms with E-state index in [1.807, 2.05) is 18.2 Å². The highest BCUT2D eigenvalue weighted by molar-refractivity contribution is 7.15. The zero-order chi connectivity index (χ0) is 15.4. The number of hydrogen-bond donors (Lipinski definition) is 1. The lowest BCUT2D eigenvalue weighted by molar-refractivity contribution is -0.111. The summed E-state index contributed by atoms with van der Waals surface area (Å²) < 4.78 is 15.5. The van der Waals surface area contributed by atoms with E-state index in [-0.39, 0.29) is 12.7 Å². The molecule has 0 aliphatic carbocycles. The molecule has 8 heteroatoms. The van der Waals surface area contributed by atoms with E-state index in [1.54, 1.807) is 13.2 Å². The fourth-order valence-corrected chi connectivity index (χ4v) is 2.54. The van der Waals surface area contributed by atoms with Gasteiger partial charge in [0.2, 0.25) is 17.8 Å². The first kappa shape index (κ1) is 14.5. The molecule has 1 aliphatic rings. The van der Waals surface area contributed by atoms with Crippen LogP contribution in [0.1, 0.15) is 10.6 Å². The SMILES string of the molecule is COCc1nnc(NC(=O)/C=C/c2ccc3c(c2)OCO3)s1. The number of aromatic nitrogens is 2. The van der Waals surface area contributed by atoms with Crippen LogP contribution in [-0.2, 0) is 16.1 Å². The first-order valence-corrected chi connectivity index (χ1v) is 7.26. The topological polar surface area (TPSA) is 82.6 Å². The highest BCUT2D eigenvalue weighted by atomic mass is 32.1. The first-order valence-electron chi connectivity index (χ1n) is 6.44. The number of amides is 1. The summed E-state index contributed by atoms with van der Waals surface area (Å²) >= 11 is 1.27. The van der Waals surface area contributed by atoms with Crippen molar-refractivity contribution < 1.29 is 19.0 Å². The zero-order valence-electron chi connectivity index (χ0n) is 11.7. The molecular formula is C14H13N3O4S. The Morgan fingerprint density at radius 3 is 3.14 bits per heavy atom. The molecule has 0 spiro atoms. The van der Waals surface area contributed by atoms with Crippen molar-refractivity contribution in [3.05, 3.63) is 34.8 Å². The number of nitrogens with one attached hydrogen (secondary N) is 1. The van der Waals surface area contributed by atoms with Crippen molar-refractivity contribution in [2.24, 2.45) is 0 Å². The van der Waals surface area contributed by atoms with Gasteiger partial charge in [-0.3, -0.25) is 10.1 Å². The van der Waals surface area contributed by atoms with E-state index in [1.165, 1.54) is 17.4 Å². The quantitative estimate of drug-likeness (QED) is 0.850. The highest BCUT2D eigenvalue weighted by Gasteiger charge is 2.12. The van der Waals surface area contributed by atoms with Crippen LogP contribution in [0, 0.1) is 0 Å². The molecule has 1 amide bonds. The Kier molecular flexibility index (Phi) is 4.31. The van der Waals surface area contributed by atoms with Gasteiger partial charge in [0, 0.05) is 13.2 Å². The molecule has 0 radical (unpaired) electrons. The van der Waals surface area contributed by atoms with Gasteiger partial charge in [0.25, 0.3) is 0 Å². The molecule has 2 heterocycles. The van der Waals surface area contributed by atoms with Gasteiger partial charge in [-0.2, -0.15) is 0 Å². The van der Waals surface area contributed by atoms with Crippen molar-refractivity contribution >= 4 is 28.5 Å². The molecule has 1 N–H and O–H groups in total. The summed E-state index contributed by atoms with van der Waals surface area (Å²) in [4.78, 5) is 11.8. The van der Waals surface area contributed by atoms with Crippen molar-refractivity contribution in [1.29, 1.82) is 0 Å². The number of nitrogens with zero attached hydrogens (tertiary/aromatic N) is 2. The van der Waals surface area contributed by atoms with Crippen LogP contribution in [-0.4, -0.2) is 30.0 Å². The summed E-state index contributed by atoms with van der Waals surface area (Å²) in [5.41, 5.74) is 0.844. The molecule has 1 aliphatic heterocycles. The van der Waals surface area contributed by atoms with Crippen LogP contribution in [0.5, 0.6) is 11.5 Å². The predicted octanol–water partition coefficient (Wildman–Crippen LogP) is 2.07. The molecule has 0 fully saturated rings. The number of methoxy groups -OCH3 is 1. The molecule has 1 aromatic heterocycles. The van der Waals surface area contributed by atoms with Gasteiger partial charge in [0.1, 0.15) is 11.6 Å². The second kappa shape index (κ2) is 6.54. The van der Waals surface area contributed by atoms with Crippen molar-refractivity contribution in [3.8, 4) is 11.5 Å². The first-order chi connectivity index (χ1) is 10.7. The van der Waals surface area contributed by atoms with Crippen LogP contribution >= 0.6 is 11.3 Å². The van der Waals surface area contributed by atoms with Gasteiger partial charge in [-0.05, 0) is 23.8 Å². The lowest BCUT2D eigenvalue weighted by Gasteiger charge is -1.98. The van der Waals surface area contributed by atoms with Crippen molar-refractivity contribution in [2.45, 2.75) is 6.61 Å². The third-order valence-electron chi connectivity index (χ3n) is 2.79. The minimum absolute atomic E-state index is 0.226. The molecule has 114 valence electrons. The lowest BCUT2D eigenvalue weighted by Crippen LogP contribution is -2.07. The Labute approximate surface area is 130 Å². The Hall–Kier alpha value is -2.45. The number of fused-ring (bicyclic) bond motifs is 1. The molecule has 1 aromatic carbocycles. The molecule has 22 heavy (non-hydrogen) atoms. The summed E-state index contributed by atoms with van der Waals surface area (Å²) in [7, 11) is 1.58. The van der Waals surface area contributed by atoms with E-state index in [9.17, 15) is 4.79 Å². The van der Waals surface area contributed by atoms with Gasteiger partial charge in [-0.25, -0.2) is 0 Å². The normalized spacial score (nSPS) is 12.8. The monoisotopic (exact) mass is 319 g/mol. The molecule has 0 bridgehead atoms. The molecular weight excluding hydrogens is 306 g/mol. The van der Waals surface area contributed by atoms with Gasteiger partial charge in [-0.15, -0.1) is 10.2 Å². The Morgan fingerprint density at radius 1 is 1.41 bits per heavy atom. The maximum Gasteiger partial charge on any atom is 0.250 e. The van der Waals surface area contributed by atoms with Crippen molar-refractivity contribution in [1.82, 2.24) is 10.2 Å². The predicted molar refractivity (Wildman–Crippen MR) is 80.9 cm³/mol. The molecule has 7 nitrogen and oxygen atoms in total. The van der Waals surface area contributed by atoms with Crippen LogP contribution in [0.25, 0.3) is 6.08 Å². The smallest absolute Gasteiger partial charge is 0.250 e. The van der Waals surface area contributed by atoms with Crippen molar-refractivity contribution in [3.63, 3.8) is 0 Å². The van der Waals surface area contributed by atoms with Gasteiger partial charge in [-0.1, -0.05) is 17.4 Å². The molecule has 0 atom stereocenters. The van der Waals surface area contributed by atoms with Crippen LogP contribution in [0.4, 0.5) is 5.13 Å². The minimum atomic E-state index is -0.280. The highest BCUT2D eigenvalue weighted by Crippen LogP contribution is 2.32. The number of rotatable bonds is 5. The number of benzene rings is 1. The average molecular weight is 319 g/mol. The fraction of sp³-hybridized carbons (Fsp3) is 0.214. The van der Waals surface area contributed by atoms with Gasteiger partial charge in [0.05, 0.1) is 0 Å². The van der Waals surface area contributed by atoms with Crippen LogP contribution in [0.3, 0.4) is 0 Å². The van der Waals surface area contributed by atoms with E-state index >= 15 is 0 Å². The van der Waals surface area contributed by atoms with Gasteiger partial charge in [0.15, 0.2) is 11.5 Å². The summed E-state index contributed by atoms with van der Waals surface area (Å²) in [6.07, 6.45) is 3.11. The van der Waals surface area contributed by atoms with E-state index in [4.69, 9.17) is 14.2 Å². The summed E-state index contributed by atoms with van der Waals surface area (Å²) in [5, 5.41) is 11.5. The number of hydrogen-bond acceptors (Lipinski definition) is 7. The van der Waals surface area contributed by atoms with Crippen LogP contribution < -0.4 is 14.8 Å².